The minimum Gasteiger partial charge on any atom is -0.0654 e. The van der Waals surface area contributed by atoms with E-state index in [2.05, 4.69) is 20.8 Å². The molecule has 0 N–H and O–H groups in total. The molecule has 0 heteroatoms. The van der Waals surface area contributed by atoms with Gasteiger partial charge in [0.15, 0.2) is 0 Å². The fourth-order valence-electron chi connectivity index (χ4n) is 10.3. The summed E-state index contributed by atoms with van der Waals surface area (Å²) in [5.41, 5.74) is 0. The van der Waals surface area contributed by atoms with Crippen molar-refractivity contribution in [2.75, 3.05) is 0 Å². The summed E-state index contributed by atoms with van der Waals surface area (Å²) in [5, 5.41) is 0. The molecule has 2 radical (unpaired) electrons. The lowest BCUT2D eigenvalue weighted by Gasteiger charge is -2.16. The van der Waals surface area contributed by atoms with Gasteiger partial charge in [-0.05, 0) is 25.2 Å². The molecule has 0 fully saturated rings. The quantitative estimate of drug-likeness (QED) is 0.0534. The predicted molar refractivity (Wildman–Crippen MR) is 288 cm³/mol. The number of unbranched alkanes of at least 4 members (excludes halogenated alkanes) is 52. The van der Waals surface area contributed by atoms with Gasteiger partial charge in [0.05, 0.1) is 0 Å². The van der Waals surface area contributed by atoms with Crippen LogP contribution in [0.25, 0.3) is 0 Å². The van der Waals surface area contributed by atoms with Crippen molar-refractivity contribution >= 4 is 0 Å². The summed E-state index contributed by atoms with van der Waals surface area (Å²) in [6, 6.07) is 0. The third kappa shape index (κ3) is 56.1. The summed E-state index contributed by atoms with van der Waals surface area (Å²) in [6.45, 7) is 8.73. The lowest BCUT2D eigenvalue weighted by Crippen LogP contribution is -1.99. The zero-order valence-electron chi connectivity index (χ0n) is 44.2. The van der Waals surface area contributed by atoms with Crippen molar-refractivity contribution in [3.8, 4) is 0 Å². The average molecular weight is 870 g/mol. The van der Waals surface area contributed by atoms with Gasteiger partial charge in [0.1, 0.15) is 0 Å². The highest BCUT2D eigenvalue weighted by Crippen LogP contribution is 2.27. The monoisotopic (exact) mass is 869 g/mol. The first-order valence-corrected chi connectivity index (χ1v) is 30.5. The molecule has 0 saturated heterocycles. The molecule has 0 aromatic heterocycles. The van der Waals surface area contributed by atoms with Crippen LogP contribution in [0.3, 0.4) is 0 Å². The van der Waals surface area contributed by atoms with Gasteiger partial charge in [0.25, 0.3) is 0 Å². The largest absolute Gasteiger partial charge is 0.0654 e. The molecule has 62 heavy (non-hydrogen) atoms. The third-order valence-corrected chi connectivity index (χ3v) is 14.8. The van der Waals surface area contributed by atoms with Gasteiger partial charge >= 0.3 is 0 Å². The van der Waals surface area contributed by atoms with E-state index >= 15 is 0 Å². The molecular weight excluding hydrogens is 745 g/mol. The van der Waals surface area contributed by atoms with Crippen molar-refractivity contribution in [2.45, 2.75) is 386 Å². The summed E-state index contributed by atoms with van der Waals surface area (Å²) in [6.07, 6.45) is 85.0. The van der Waals surface area contributed by atoms with Gasteiger partial charge in [-0.2, -0.15) is 0 Å². The van der Waals surface area contributed by atoms with E-state index in [1.54, 1.807) is 0 Å². The fourth-order valence-corrected chi connectivity index (χ4v) is 10.3. The number of rotatable bonds is 58. The fraction of sp³-hybridized carbons (Fsp3) is 0.968. The van der Waals surface area contributed by atoms with E-state index in [0.29, 0.717) is 0 Å². The average Bonchev–Trinajstić information content (AvgIpc) is 3.28. The molecule has 0 unspecified atom stereocenters. The van der Waals surface area contributed by atoms with E-state index in [1.807, 2.05) is 5.92 Å². The van der Waals surface area contributed by atoms with Crippen LogP contribution < -0.4 is 0 Å². The molecule has 0 heterocycles. The molecule has 0 saturated carbocycles. The molecule has 372 valence electrons. The van der Waals surface area contributed by atoms with Crippen LogP contribution in [0.1, 0.15) is 386 Å². The van der Waals surface area contributed by atoms with Crippen molar-refractivity contribution in [1.29, 1.82) is 0 Å². The molecule has 0 bridgehead atoms. The van der Waals surface area contributed by atoms with Crippen LogP contribution in [-0.2, 0) is 0 Å². The molecule has 0 amide bonds. The Balaban J connectivity index is 3.43. The maximum Gasteiger partial charge on any atom is -0.0241 e. The van der Waals surface area contributed by atoms with Crippen LogP contribution in [-0.4, -0.2) is 0 Å². The Kier molecular flexibility index (Phi) is 59.0. The molecule has 0 aromatic carbocycles. The van der Waals surface area contributed by atoms with Crippen LogP contribution >= 0.6 is 0 Å². The maximum atomic E-state index is 4.11. The molecule has 0 aliphatic heterocycles. The first kappa shape index (κ1) is 62.0. The first-order chi connectivity index (χ1) is 30.8. The van der Waals surface area contributed by atoms with Gasteiger partial charge in [-0.3, -0.25) is 0 Å². The van der Waals surface area contributed by atoms with Crippen molar-refractivity contribution in [2.24, 2.45) is 0 Å². The topological polar surface area (TPSA) is 0 Å². The molecule has 0 rings (SSSR count). The van der Waals surface area contributed by atoms with Crippen molar-refractivity contribution in [3.63, 3.8) is 0 Å². The van der Waals surface area contributed by atoms with E-state index in [4.69, 9.17) is 0 Å². The van der Waals surface area contributed by atoms with Gasteiger partial charge in [0, 0.05) is 0 Å². The van der Waals surface area contributed by atoms with E-state index in [-0.39, 0.29) is 0 Å². The molecule has 0 spiro atoms. The van der Waals surface area contributed by atoms with E-state index < -0.39 is 0 Å². The predicted octanol–water partition coefficient (Wildman–Crippen LogP) is 24.1. The number of hydrogen-bond donors (Lipinski definition) is 0. The normalized spacial score (nSPS) is 11.8. The summed E-state index contributed by atoms with van der Waals surface area (Å²) >= 11 is 0. The molecule has 0 atom stereocenters. The van der Waals surface area contributed by atoms with Crippen LogP contribution in [0.15, 0.2) is 0 Å². The van der Waals surface area contributed by atoms with Gasteiger partial charge in [-0.15, -0.1) is 0 Å². The standard InChI is InChI=1S/C62H124/c1-4-7-10-12-14-16-18-20-22-24-26-28-30-32-34-36-38-40-42-44-46-48-50-52-54-57-60-62(59-56-9-6-3)61-58-55-53-51-49-47-45-43-41-39-37-35-33-31-29-27-25-23-21-19-17-15-13-11-8-5-2/h3-61H2,1-2H3. The van der Waals surface area contributed by atoms with E-state index in [9.17, 15) is 0 Å². The Bertz CT molecular complexity index is 668. The van der Waals surface area contributed by atoms with Crippen molar-refractivity contribution < 1.29 is 0 Å². The zero-order valence-corrected chi connectivity index (χ0v) is 44.2. The SMILES string of the molecule is [CH2]CCCC[C](CCCCCCCCCCCCCCCCCCCCCCCCCCCC)CCCCCCCCCCCCCCCCCCCCCCCCCCCC. The van der Waals surface area contributed by atoms with Gasteiger partial charge in [-0.25, -0.2) is 0 Å². The lowest BCUT2D eigenvalue weighted by molar-refractivity contribution is 0.503. The van der Waals surface area contributed by atoms with Crippen LogP contribution in [0.5, 0.6) is 0 Å². The van der Waals surface area contributed by atoms with Crippen LogP contribution in [0.2, 0.25) is 0 Å². The summed E-state index contributed by atoms with van der Waals surface area (Å²) in [5.74, 6) is 1.91. The minimum absolute atomic E-state index is 1.12. The smallest absolute Gasteiger partial charge is 0.0241 e. The van der Waals surface area contributed by atoms with E-state index in [1.165, 1.54) is 366 Å². The van der Waals surface area contributed by atoms with Crippen molar-refractivity contribution in [1.82, 2.24) is 0 Å². The first-order valence-electron chi connectivity index (χ1n) is 30.5. The second kappa shape index (κ2) is 59.0. The van der Waals surface area contributed by atoms with Gasteiger partial charge in [-0.1, -0.05) is 374 Å². The minimum atomic E-state index is 1.12. The maximum absolute atomic E-state index is 4.11. The second-order valence-electron chi connectivity index (χ2n) is 21.2. The molecule has 0 aliphatic carbocycles. The zero-order chi connectivity index (χ0) is 44.6. The molecule has 0 aromatic rings. The Hall–Kier alpha value is 0. The Morgan fingerprint density at radius 2 is 0.306 bits per heavy atom. The summed E-state index contributed by atoms with van der Waals surface area (Å²) in [7, 11) is 0. The van der Waals surface area contributed by atoms with E-state index in [0.717, 1.165) is 6.42 Å². The highest BCUT2D eigenvalue weighted by atomic mass is 14.1. The summed E-state index contributed by atoms with van der Waals surface area (Å²) < 4.78 is 0. The Labute approximate surface area is 397 Å². The highest BCUT2D eigenvalue weighted by molar-refractivity contribution is 4.89. The van der Waals surface area contributed by atoms with Crippen molar-refractivity contribution in [3.05, 3.63) is 12.8 Å². The van der Waals surface area contributed by atoms with Crippen LogP contribution in [0, 0.1) is 12.8 Å². The summed E-state index contributed by atoms with van der Waals surface area (Å²) in [4.78, 5) is 0. The lowest BCUT2D eigenvalue weighted by atomic mass is 9.89. The third-order valence-electron chi connectivity index (χ3n) is 14.8. The Morgan fingerprint density at radius 1 is 0.177 bits per heavy atom. The van der Waals surface area contributed by atoms with Gasteiger partial charge in [0.2, 0.25) is 0 Å². The molecular formula is C62H124. The van der Waals surface area contributed by atoms with Crippen LogP contribution in [0.4, 0.5) is 0 Å². The second-order valence-corrected chi connectivity index (χ2v) is 21.2. The van der Waals surface area contributed by atoms with Gasteiger partial charge < -0.3 is 0 Å². The molecule has 0 nitrogen and oxygen atoms in total. The highest BCUT2D eigenvalue weighted by Gasteiger charge is 2.09. The Morgan fingerprint density at radius 3 is 0.452 bits per heavy atom. The number of hydrogen-bond acceptors (Lipinski definition) is 0. The molecule has 0 aliphatic rings.